The van der Waals surface area contributed by atoms with Crippen molar-refractivity contribution in [3.8, 4) is 0 Å². The smallest absolute Gasteiger partial charge is 0.380 e. The fourth-order valence-corrected chi connectivity index (χ4v) is 3.15. The third-order valence-electron chi connectivity index (χ3n) is 4.35. The van der Waals surface area contributed by atoms with Crippen molar-refractivity contribution in [1.82, 2.24) is 4.90 Å². The summed E-state index contributed by atoms with van der Waals surface area (Å²) < 4.78 is 44.2. The lowest BCUT2D eigenvalue weighted by atomic mass is 9.78. The van der Waals surface area contributed by atoms with Crippen LogP contribution in [0.5, 0.6) is 0 Å². The number of ether oxygens (including phenoxy) is 1. The zero-order valence-corrected chi connectivity index (χ0v) is 12.3. The van der Waals surface area contributed by atoms with E-state index in [1.807, 2.05) is 19.9 Å². The van der Waals surface area contributed by atoms with Gasteiger partial charge in [-0.15, -0.1) is 0 Å². The van der Waals surface area contributed by atoms with Gasteiger partial charge in [-0.25, -0.2) is 0 Å². The number of alkyl halides is 3. The number of nitrogens with zero attached hydrogens (tertiary/aromatic N) is 1. The molecule has 0 atom stereocenters. The van der Waals surface area contributed by atoms with Gasteiger partial charge in [-0.05, 0) is 29.2 Å². The number of rotatable bonds is 3. The summed E-state index contributed by atoms with van der Waals surface area (Å²) in [5.74, 6) is 0.0915. The van der Waals surface area contributed by atoms with E-state index in [2.05, 4.69) is 4.90 Å². The molecule has 0 amide bonds. The third kappa shape index (κ3) is 2.94. The van der Waals surface area contributed by atoms with Gasteiger partial charge in [-0.1, -0.05) is 19.9 Å². The quantitative estimate of drug-likeness (QED) is 0.844. The number of benzene rings is 1. The first-order valence-corrected chi connectivity index (χ1v) is 7.29. The topological polar surface area (TPSA) is 12.5 Å². The average Bonchev–Trinajstić information content (AvgIpc) is 2.29. The summed E-state index contributed by atoms with van der Waals surface area (Å²) in [5.41, 5.74) is 1.26. The lowest BCUT2D eigenvalue weighted by Crippen LogP contribution is -2.65. The van der Waals surface area contributed by atoms with Crippen LogP contribution in [0, 0.1) is 5.41 Å². The van der Waals surface area contributed by atoms with E-state index in [9.17, 15) is 13.2 Å². The predicted molar refractivity (Wildman–Crippen MR) is 74.1 cm³/mol. The van der Waals surface area contributed by atoms with Gasteiger partial charge >= 0.3 is 6.18 Å². The zero-order chi connectivity index (χ0) is 15.3. The van der Waals surface area contributed by atoms with Crippen molar-refractivity contribution in [2.45, 2.75) is 32.5 Å². The molecule has 2 aliphatic heterocycles. The van der Waals surface area contributed by atoms with Crippen LogP contribution in [0.2, 0.25) is 0 Å². The second-order valence-corrected chi connectivity index (χ2v) is 6.75. The number of likely N-dealkylation sites (tertiary alicyclic amines) is 1. The second kappa shape index (κ2) is 4.99. The Labute approximate surface area is 122 Å². The first-order chi connectivity index (χ1) is 9.77. The van der Waals surface area contributed by atoms with Crippen molar-refractivity contribution in [3.63, 3.8) is 0 Å². The summed E-state index contributed by atoms with van der Waals surface area (Å²) in [7, 11) is 0. The highest BCUT2D eigenvalue weighted by molar-refractivity contribution is 5.33. The average molecular weight is 299 g/mol. The summed E-state index contributed by atoms with van der Waals surface area (Å²) in [4.78, 5) is 2.20. The van der Waals surface area contributed by atoms with Crippen molar-refractivity contribution in [2.24, 2.45) is 5.41 Å². The van der Waals surface area contributed by atoms with Crippen LogP contribution in [0.1, 0.15) is 36.5 Å². The first kappa shape index (κ1) is 14.9. The Balaban J connectivity index is 1.76. The summed E-state index contributed by atoms with van der Waals surface area (Å²) in [6, 6.07) is 4.46. The summed E-state index contributed by atoms with van der Waals surface area (Å²) in [6.45, 7) is 7.88. The molecule has 2 nitrogen and oxygen atoms in total. The highest BCUT2D eigenvalue weighted by Crippen LogP contribution is 2.39. The molecule has 0 bridgehead atoms. The summed E-state index contributed by atoms with van der Waals surface area (Å²) in [6.07, 6.45) is -4.28. The Morgan fingerprint density at radius 3 is 2.33 bits per heavy atom. The van der Waals surface area contributed by atoms with Gasteiger partial charge in [0.15, 0.2) is 0 Å². The highest BCUT2D eigenvalue weighted by Gasteiger charge is 2.48. The van der Waals surface area contributed by atoms with Gasteiger partial charge in [0.1, 0.15) is 0 Å². The normalized spacial score (nSPS) is 21.4. The lowest BCUT2D eigenvalue weighted by molar-refractivity contribution is -0.191. The SMILES string of the molecule is CC(C)c1cc(CN2CC3(COC3)C2)cc(C(F)(F)F)c1. The molecule has 0 radical (unpaired) electrons. The van der Waals surface area contributed by atoms with Gasteiger partial charge in [0.25, 0.3) is 0 Å². The van der Waals surface area contributed by atoms with E-state index in [1.165, 1.54) is 12.1 Å². The van der Waals surface area contributed by atoms with Crippen LogP contribution in [0.3, 0.4) is 0 Å². The zero-order valence-electron chi connectivity index (χ0n) is 12.3. The molecule has 1 aromatic carbocycles. The Morgan fingerprint density at radius 1 is 1.19 bits per heavy atom. The molecule has 2 saturated heterocycles. The van der Waals surface area contributed by atoms with Gasteiger partial charge in [-0.3, -0.25) is 4.90 Å². The number of hydrogen-bond acceptors (Lipinski definition) is 2. The van der Waals surface area contributed by atoms with Gasteiger partial charge < -0.3 is 4.74 Å². The molecule has 0 saturated carbocycles. The van der Waals surface area contributed by atoms with Gasteiger partial charge in [0, 0.05) is 25.0 Å². The molecule has 0 unspecified atom stereocenters. The van der Waals surface area contributed by atoms with E-state index in [0.717, 1.165) is 37.4 Å². The van der Waals surface area contributed by atoms with Gasteiger partial charge in [-0.2, -0.15) is 13.2 Å². The largest absolute Gasteiger partial charge is 0.416 e. The number of hydrogen-bond donors (Lipinski definition) is 0. The van der Waals surface area contributed by atoms with E-state index in [-0.39, 0.29) is 5.92 Å². The summed E-state index contributed by atoms with van der Waals surface area (Å²) in [5, 5.41) is 0. The maximum Gasteiger partial charge on any atom is 0.416 e. The molecule has 116 valence electrons. The van der Waals surface area contributed by atoms with Gasteiger partial charge in [0.05, 0.1) is 18.8 Å². The van der Waals surface area contributed by atoms with Crippen LogP contribution in [-0.2, 0) is 17.5 Å². The highest BCUT2D eigenvalue weighted by atomic mass is 19.4. The third-order valence-corrected chi connectivity index (χ3v) is 4.35. The van der Waals surface area contributed by atoms with Crippen LogP contribution in [-0.4, -0.2) is 31.2 Å². The van der Waals surface area contributed by atoms with Crippen molar-refractivity contribution in [2.75, 3.05) is 26.3 Å². The molecule has 2 heterocycles. The molecule has 0 N–H and O–H groups in total. The second-order valence-electron chi connectivity index (χ2n) is 6.75. The van der Waals surface area contributed by atoms with E-state index in [0.29, 0.717) is 12.0 Å². The molecule has 1 spiro atoms. The van der Waals surface area contributed by atoms with E-state index in [1.54, 1.807) is 0 Å². The van der Waals surface area contributed by atoms with Crippen LogP contribution in [0.25, 0.3) is 0 Å². The molecule has 0 aromatic heterocycles. The minimum atomic E-state index is -4.28. The summed E-state index contributed by atoms with van der Waals surface area (Å²) >= 11 is 0. The molecule has 5 heteroatoms. The van der Waals surface area contributed by atoms with Crippen LogP contribution in [0.4, 0.5) is 13.2 Å². The molecular formula is C16H20F3NO. The fourth-order valence-electron chi connectivity index (χ4n) is 3.15. The molecule has 0 aliphatic carbocycles. The molecule has 2 fully saturated rings. The maximum atomic E-state index is 13.0. The standard InChI is InChI=1S/C16H20F3NO/c1-11(2)13-3-12(4-14(5-13)16(17,18)19)6-20-7-15(8-20)9-21-10-15/h3-5,11H,6-10H2,1-2H3. The predicted octanol–water partition coefficient (Wildman–Crippen LogP) is 3.66. The van der Waals surface area contributed by atoms with Gasteiger partial charge in [0.2, 0.25) is 0 Å². The Bertz CT molecular complexity index is 527. The van der Waals surface area contributed by atoms with Crippen LogP contribution in [0.15, 0.2) is 18.2 Å². The first-order valence-electron chi connectivity index (χ1n) is 7.29. The van der Waals surface area contributed by atoms with Crippen molar-refractivity contribution >= 4 is 0 Å². The van der Waals surface area contributed by atoms with E-state index >= 15 is 0 Å². The minimum absolute atomic E-state index is 0.0915. The maximum absolute atomic E-state index is 13.0. The lowest BCUT2D eigenvalue weighted by Gasteiger charge is -2.55. The Morgan fingerprint density at radius 2 is 1.86 bits per heavy atom. The van der Waals surface area contributed by atoms with Crippen molar-refractivity contribution < 1.29 is 17.9 Å². The number of halogens is 3. The monoisotopic (exact) mass is 299 g/mol. The van der Waals surface area contributed by atoms with Crippen LogP contribution < -0.4 is 0 Å². The van der Waals surface area contributed by atoms with E-state index in [4.69, 9.17) is 4.74 Å². The fraction of sp³-hybridized carbons (Fsp3) is 0.625. The van der Waals surface area contributed by atoms with E-state index < -0.39 is 11.7 Å². The molecule has 21 heavy (non-hydrogen) atoms. The minimum Gasteiger partial charge on any atom is -0.380 e. The Hall–Kier alpha value is -1.07. The molecule has 3 rings (SSSR count). The van der Waals surface area contributed by atoms with Crippen molar-refractivity contribution in [3.05, 3.63) is 34.9 Å². The van der Waals surface area contributed by atoms with Crippen LogP contribution >= 0.6 is 0 Å². The van der Waals surface area contributed by atoms with Crippen molar-refractivity contribution in [1.29, 1.82) is 0 Å². The molecular weight excluding hydrogens is 279 g/mol. The Kier molecular flexibility index (Phi) is 3.53. The molecule has 1 aromatic rings. The molecule has 2 aliphatic rings.